The molecule has 2 aromatic carbocycles. The summed E-state index contributed by atoms with van der Waals surface area (Å²) in [7, 11) is 0. The lowest BCUT2D eigenvalue weighted by atomic mass is 10.00. The minimum Gasteiger partial charge on any atom is -0.337 e. The number of fused-ring (bicyclic) bond motifs is 1. The number of halogens is 1. The molecular weight excluding hydrogens is 315 g/mol. The van der Waals surface area contributed by atoms with Gasteiger partial charge in [-0.25, -0.2) is 4.39 Å². The van der Waals surface area contributed by atoms with E-state index in [2.05, 4.69) is 23.1 Å². The monoisotopic (exact) mass is 338 g/mol. The first-order valence-electron chi connectivity index (χ1n) is 9.05. The van der Waals surface area contributed by atoms with E-state index >= 15 is 0 Å². The molecule has 0 N–H and O–H groups in total. The normalized spacial score (nSPS) is 20.5. The van der Waals surface area contributed by atoms with E-state index in [1.54, 1.807) is 0 Å². The van der Waals surface area contributed by atoms with Crippen molar-refractivity contribution in [2.75, 3.05) is 19.6 Å². The number of hydrogen-bond acceptors (Lipinski definition) is 2. The largest absolute Gasteiger partial charge is 0.337 e. The van der Waals surface area contributed by atoms with Gasteiger partial charge in [0, 0.05) is 19.1 Å². The maximum atomic E-state index is 13.2. The zero-order chi connectivity index (χ0) is 17.2. The molecule has 1 fully saturated rings. The van der Waals surface area contributed by atoms with E-state index < -0.39 is 0 Å². The third-order valence-electron chi connectivity index (χ3n) is 5.44. The van der Waals surface area contributed by atoms with Crippen molar-refractivity contribution in [3.05, 3.63) is 71.0 Å². The number of carbonyl (C=O) groups is 1. The zero-order valence-corrected chi connectivity index (χ0v) is 14.3. The average molecular weight is 338 g/mol. The molecule has 0 spiro atoms. The summed E-state index contributed by atoms with van der Waals surface area (Å²) in [5.74, 6) is -0.0140. The van der Waals surface area contributed by atoms with Crippen LogP contribution < -0.4 is 0 Å². The average Bonchev–Trinajstić information content (AvgIpc) is 3.10. The topological polar surface area (TPSA) is 23.6 Å². The van der Waals surface area contributed by atoms with Gasteiger partial charge in [0.2, 0.25) is 5.91 Å². The highest BCUT2D eigenvalue weighted by atomic mass is 19.1. The predicted molar refractivity (Wildman–Crippen MR) is 95.5 cm³/mol. The van der Waals surface area contributed by atoms with Gasteiger partial charge in [-0.2, -0.15) is 0 Å². The second-order valence-corrected chi connectivity index (χ2v) is 7.01. The molecule has 3 nitrogen and oxygen atoms in total. The van der Waals surface area contributed by atoms with Gasteiger partial charge in [-0.05, 0) is 54.6 Å². The van der Waals surface area contributed by atoms with Crippen molar-refractivity contribution in [1.82, 2.24) is 9.80 Å². The molecule has 2 aromatic rings. The van der Waals surface area contributed by atoms with Gasteiger partial charge >= 0.3 is 0 Å². The fourth-order valence-corrected chi connectivity index (χ4v) is 4.06. The Morgan fingerprint density at radius 2 is 1.80 bits per heavy atom. The van der Waals surface area contributed by atoms with E-state index in [0.29, 0.717) is 13.1 Å². The van der Waals surface area contributed by atoms with Crippen LogP contribution in [0.5, 0.6) is 0 Å². The van der Waals surface area contributed by atoms with Crippen LogP contribution in [0.3, 0.4) is 0 Å². The Labute approximate surface area is 148 Å². The van der Waals surface area contributed by atoms with Crippen LogP contribution in [-0.4, -0.2) is 35.3 Å². The molecule has 2 heterocycles. The second-order valence-electron chi connectivity index (χ2n) is 7.01. The highest BCUT2D eigenvalue weighted by Gasteiger charge is 2.30. The van der Waals surface area contributed by atoms with E-state index in [9.17, 15) is 9.18 Å². The van der Waals surface area contributed by atoms with E-state index in [1.807, 2.05) is 23.1 Å². The van der Waals surface area contributed by atoms with E-state index in [1.165, 1.54) is 23.3 Å². The standard InChI is InChI=1S/C21H23FN2O/c22-19-9-7-17(8-10-19)20-6-3-12-23(20)15-21(25)24-13-11-16-4-1-2-5-18(16)14-24/h1-2,4-5,7-10,20H,3,6,11-15H2/t20-/m0/s1. The van der Waals surface area contributed by atoms with Crippen molar-refractivity contribution < 1.29 is 9.18 Å². The van der Waals surface area contributed by atoms with Gasteiger partial charge in [-0.15, -0.1) is 0 Å². The van der Waals surface area contributed by atoms with Crippen LogP contribution in [0.2, 0.25) is 0 Å². The molecule has 25 heavy (non-hydrogen) atoms. The highest BCUT2D eigenvalue weighted by Crippen LogP contribution is 2.32. The first kappa shape index (κ1) is 16.3. The second kappa shape index (κ2) is 6.96. The van der Waals surface area contributed by atoms with Crippen LogP contribution >= 0.6 is 0 Å². The molecule has 0 radical (unpaired) electrons. The lowest BCUT2D eigenvalue weighted by Crippen LogP contribution is -2.42. The Balaban J connectivity index is 1.43. The number of amides is 1. The van der Waals surface area contributed by atoms with Gasteiger partial charge in [-0.1, -0.05) is 36.4 Å². The minimum atomic E-state index is -0.212. The third kappa shape index (κ3) is 3.45. The molecule has 2 aliphatic heterocycles. The third-order valence-corrected chi connectivity index (χ3v) is 5.44. The minimum absolute atomic E-state index is 0.198. The summed E-state index contributed by atoms with van der Waals surface area (Å²) < 4.78 is 13.2. The van der Waals surface area contributed by atoms with Crippen LogP contribution in [0.15, 0.2) is 48.5 Å². The van der Waals surface area contributed by atoms with E-state index in [0.717, 1.165) is 37.9 Å². The van der Waals surface area contributed by atoms with Crippen molar-refractivity contribution in [2.45, 2.75) is 31.8 Å². The lowest BCUT2D eigenvalue weighted by Gasteiger charge is -2.32. The summed E-state index contributed by atoms with van der Waals surface area (Å²) in [6.45, 7) is 2.89. The predicted octanol–water partition coefficient (Wildman–Crippen LogP) is 3.55. The number of benzene rings is 2. The number of hydrogen-bond donors (Lipinski definition) is 0. The Kier molecular flexibility index (Phi) is 4.53. The molecule has 4 rings (SSSR count). The molecule has 0 unspecified atom stereocenters. The first-order valence-corrected chi connectivity index (χ1v) is 9.05. The van der Waals surface area contributed by atoms with Crippen LogP contribution in [0.4, 0.5) is 4.39 Å². The van der Waals surface area contributed by atoms with E-state index in [4.69, 9.17) is 0 Å². The lowest BCUT2D eigenvalue weighted by molar-refractivity contribution is -0.133. The number of rotatable bonds is 3. The van der Waals surface area contributed by atoms with Gasteiger partial charge in [0.25, 0.3) is 0 Å². The van der Waals surface area contributed by atoms with E-state index in [-0.39, 0.29) is 17.8 Å². The van der Waals surface area contributed by atoms with Crippen molar-refractivity contribution in [2.24, 2.45) is 0 Å². The zero-order valence-electron chi connectivity index (χ0n) is 14.3. The number of carbonyl (C=O) groups excluding carboxylic acids is 1. The summed E-state index contributed by atoms with van der Waals surface area (Å²) in [6, 6.07) is 15.3. The maximum absolute atomic E-state index is 13.2. The summed E-state index contributed by atoms with van der Waals surface area (Å²) in [4.78, 5) is 17.0. The van der Waals surface area contributed by atoms with Crippen molar-refractivity contribution in [1.29, 1.82) is 0 Å². The molecule has 1 atom stereocenters. The number of likely N-dealkylation sites (tertiary alicyclic amines) is 1. The molecule has 130 valence electrons. The van der Waals surface area contributed by atoms with Gasteiger partial charge in [0.1, 0.15) is 5.82 Å². The van der Waals surface area contributed by atoms with Crippen molar-refractivity contribution >= 4 is 5.91 Å². The van der Waals surface area contributed by atoms with Gasteiger partial charge in [0.15, 0.2) is 0 Å². The molecule has 0 bridgehead atoms. The molecule has 0 aromatic heterocycles. The molecular formula is C21H23FN2O. The molecule has 1 amide bonds. The Bertz CT molecular complexity index is 759. The Morgan fingerprint density at radius 1 is 1.04 bits per heavy atom. The quantitative estimate of drug-likeness (QED) is 0.854. The number of nitrogens with zero attached hydrogens (tertiary/aromatic N) is 2. The fourth-order valence-electron chi connectivity index (χ4n) is 4.06. The Morgan fingerprint density at radius 3 is 2.60 bits per heavy atom. The van der Waals surface area contributed by atoms with Crippen molar-refractivity contribution in [3.8, 4) is 0 Å². The maximum Gasteiger partial charge on any atom is 0.237 e. The van der Waals surface area contributed by atoms with Crippen LogP contribution in [0, 0.1) is 5.82 Å². The van der Waals surface area contributed by atoms with Crippen molar-refractivity contribution in [3.63, 3.8) is 0 Å². The first-order chi connectivity index (χ1) is 12.2. The van der Waals surface area contributed by atoms with Crippen LogP contribution in [-0.2, 0) is 17.8 Å². The van der Waals surface area contributed by atoms with Gasteiger partial charge in [-0.3, -0.25) is 9.69 Å². The summed E-state index contributed by atoms with van der Waals surface area (Å²) in [5.41, 5.74) is 3.73. The fraction of sp³-hybridized carbons (Fsp3) is 0.381. The summed E-state index contributed by atoms with van der Waals surface area (Å²) >= 11 is 0. The Hall–Kier alpha value is -2.20. The highest BCUT2D eigenvalue weighted by molar-refractivity contribution is 5.78. The SMILES string of the molecule is O=C(CN1CCC[C@H]1c1ccc(F)cc1)N1CCc2ccccc2C1. The van der Waals surface area contributed by atoms with Crippen LogP contribution in [0.25, 0.3) is 0 Å². The summed E-state index contributed by atoms with van der Waals surface area (Å²) in [5, 5.41) is 0. The van der Waals surface area contributed by atoms with Crippen LogP contribution in [0.1, 0.15) is 35.6 Å². The van der Waals surface area contributed by atoms with Gasteiger partial charge in [0.05, 0.1) is 6.54 Å². The molecule has 0 aliphatic carbocycles. The smallest absolute Gasteiger partial charge is 0.237 e. The summed E-state index contributed by atoms with van der Waals surface area (Å²) in [6.07, 6.45) is 3.04. The molecule has 0 saturated carbocycles. The molecule has 1 saturated heterocycles. The van der Waals surface area contributed by atoms with Gasteiger partial charge < -0.3 is 4.90 Å². The molecule has 2 aliphatic rings. The molecule has 4 heteroatoms.